The maximum absolute atomic E-state index is 5.71. The van der Waals surface area contributed by atoms with Gasteiger partial charge in [-0.15, -0.1) is 0 Å². The third-order valence-electron chi connectivity index (χ3n) is 3.22. The zero-order chi connectivity index (χ0) is 12.4. The van der Waals surface area contributed by atoms with Gasteiger partial charge in [0.05, 0.1) is 5.69 Å². The van der Waals surface area contributed by atoms with Crippen LogP contribution in [0.15, 0.2) is 60.8 Å². The molecule has 0 aliphatic carbocycles. The second-order valence-corrected chi connectivity index (χ2v) is 4.41. The Balaban J connectivity index is 2.28. The molecule has 0 saturated heterocycles. The third-order valence-corrected chi connectivity index (χ3v) is 3.22. The van der Waals surface area contributed by atoms with Crippen molar-refractivity contribution in [2.24, 2.45) is 5.73 Å². The average Bonchev–Trinajstić information content (AvgIpc) is 2.78. The number of nitrogens with zero attached hydrogens (tertiary/aromatic N) is 1. The van der Waals surface area contributed by atoms with Crippen LogP contribution >= 0.6 is 0 Å². The van der Waals surface area contributed by atoms with E-state index in [0.717, 1.165) is 6.54 Å². The monoisotopic (exact) mass is 236 g/mol. The number of rotatable bonds is 3. The molecular weight excluding hydrogens is 220 g/mol. The second-order valence-electron chi connectivity index (χ2n) is 4.41. The Labute approximate surface area is 107 Å². The van der Waals surface area contributed by atoms with E-state index in [9.17, 15) is 0 Å². The number of hydrogen-bond acceptors (Lipinski definition) is 1. The molecule has 3 rings (SSSR count). The molecule has 0 spiro atoms. The van der Waals surface area contributed by atoms with E-state index in [2.05, 4.69) is 59.3 Å². The lowest BCUT2D eigenvalue weighted by atomic mass is 10.1. The van der Waals surface area contributed by atoms with Crippen LogP contribution in [0, 0.1) is 0 Å². The molecule has 0 radical (unpaired) electrons. The van der Waals surface area contributed by atoms with Crippen LogP contribution in [0.2, 0.25) is 0 Å². The minimum absolute atomic E-state index is 0.654. The SMILES string of the molecule is NCCn1cc2ccccc2c1-c1ccccc1. The van der Waals surface area contributed by atoms with Gasteiger partial charge in [-0.05, 0) is 10.9 Å². The van der Waals surface area contributed by atoms with Crippen LogP contribution in [0.1, 0.15) is 0 Å². The number of fused-ring (bicyclic) bond motifs is 1. The van der Waals surface area contributed by atoms with Crippen LogP contribution in [0.5, 0.6) is 0 Å². The number of hydrogen-bond donors (Lipinski definition) is 1. The van der Waals surface area contributed by atoms with Gasteiger partial charge in [-0.3, -0.25) is 0 Å². The van der Waals surface area contributed by atoms with E-state index in [0.29, 0.717) is 6.54 Å². The van der Waals surface area contributed by atoms with Gasteiger partial charge in [-0.2, -0.15) is 0 Å². The van der Waals surface area contributed by atoms with Gasteiger partial charge in [0.15, 0.2) is 0 Å². The fourth-order valence-electron chi connectivity index (χ4n) is 2.45. The first-order valence-electron chi connectivity index (χ1n) is 6.23. The Hall–Kier alpha value is -2.06. The zero-order valence-electron chi connectivity index (χ0n) is 10.2. The van der Waals surface area contributed by atoms with E-state index in [-0.39, 0.29) is 0 Å². The van der Waals surface area contributed by atoms with Gasteiger partial charge in [-0.1, -0.05) is 54.6 Å². The van der Waals surface area contributed by atoms with Gasteiger partial charge in [-0.25, -0.2) is 0 Å². The summed E-state index contributed by atoms with van der Waals surface area (Å²) in [6, 6.07) is 19.0. The first-order valence-corrected chi connectivity index (χ1v) is 6.23. The molecule has 2 aromatic carbocycles. The molecule has 2 N–H and O–H groups in total. The summed E-state index contributed by atoms with van der Waals surface area (Å²) >= 11 is 0. The summed E-state index contributed by atoms with van der Waals surface area (Å²) in [6.45, 7) is 1.50. The van der Waals surface area contributed by atoms with Gasteiger partial charge in [0.2, 0.25) is 0 Å². The van der Waals surface area contributed by atoms with Crippen LogP contribution in [0.4, 0.5) is 0 Å². The Kier molecular flexibility index (Phi) is 2.87. The van der Waals surface area contributed by atoms with Gasteiger partial charge >= 0.3 is 0 Å². The number of nitrogens with two attached hydrogens (primary N) is 1. The van der Waals surface area contributed by atoms with Crippen molar-refractivity contribution in [2.45, 2.75) is 6.54 Å². The Morgan fingerprint density at radius 2 is 1.61 bits per heavy atom. The number of aromatic nitrogens is 1. The normalized spacial score (nSPS) is 10.9. The molecule has 0 aliphatic rings. The average molecular weight is 236 g/mol. The highest BCUT2D eigenvalue weighted by molar-refractivity contribution is 5.96. The molecule has 2 heteroatoms. The first-order chi connectivity index (χ1) is 8.90. The van der Waals surface area contributed by atoms with Crippen molar-refractivity contribution in [2.75, 3.05) is 6.54 Å². The lowest BCUT2D eigenvalue weighted by Gasteiger charge is -2.08. The van der Waals surface area contributed by atoms with Gasteiger partial charge in [0.25, 0.3) is 0 Å². The highest BCUT2D eigenvalue weighted by atomic mass is 15.0. The summed E-state index contributed by atoms with van der Waals surface area (Å²) in [7, 11) is 0. The van der Waals surface area contributed by atoms with Crippen molar-refractivity contribution in [1.82, 2.24) is 4.57 Å². The van der Waals surface area contributed by atoms with Crippen LogP contribution in [-0.4, -0.2) is 11.1 Å². The molecule has 2 nitrogen and oxygen atoms in total. The van der Waals surface area contributed by atoms with Gasteiger partial charge < -0.3 is 10.3 Å². The molecule has 0 bridgehead atoms. The van der Waals surface area contributed by atoms with Crippen molar-refractivity contribution in [3.05, 3.63) is 60.8 Å². The standard InChI is InChI=1S/C16H16N2/c17-10-11-18-12-14-8-4-5-9-15(14)16(18)13-6-2-1-3-7-13/h1-9,12H,10-11,17H2. The minimum Gasteiger partial charge on any atom is -0.345 e. The predicted molar refractivity (Wildman–Crippen MR) is 76.4 cm³/mol. The predicted octanol–water partition coefficient (Wildman–Crippen LogP) is 3.27. The molecule has 0 amide bonds. The molecule has 3 aromatic rings. The Bertz CT molecular complexity index is 653. The van der Waals surface area contributed by atoms with Crippen LogP contribution in [0.25, 0.3) is 22.0 Å². The van der Waals surface area contributed by atoms with E-state index in [1.165, 1.54) is 22.0 Å². The van der Waals surface area contributed by atoms with Crippen molar-refractivity contribution >= 4 is 10.8 Å². The molecule has 1 heterocycles. The van der Waals surface area contributed by atoms with Crippen molar-refractivity contribution in [1.29, 1.82) is 0 Å². The lowest BCUT2D eigenvalue weighted by Crippen LogP contribution is -2.09. The van der Waals surface area contributed by atoms with Crippen molar-refractivity contribution < 1.29 is 0 Å². The molecule has 0 saturated carbocycles. The first kappa shape index (κ1) is 11.1. The summed E-state index contributed by atoms with van der Waals surface area (Å²) in [5.41, 5.74) is 8.21. The molecule has 0 fully saturated rings. The molecule has 0 aliphatic heterocycles. The third kappa shape index (κ3) is 1.81. The maximum atomic E-state index is 5.71. The van der Waals surface area contributed by atoms with Crippen LogP contribution in [0.3, 0.4) is 0 Å². The lowest BCUT2D eigenvalue weighted by molar-refractivity contribution is 0.722. The van der Waals surface area contributed by atoms with Crippen molar-refractivity contribution in [3.63, 3.8) is 0 Å². The minimum atomic E-state index is 0.654. The van der Waals surface area contributed by atoms with E-state index in [1.54, 1.807) is 0 Å². The van der Waals surface area contributed by atoms with E-state index < -0.39 is 0 Å². The van der Waals surface area contributed by atoms with E-state index in [1.807, 2.05) is 6.07 Å². The van der Waals surface area contributed by atoms with Crippen LogP contribution in [-0.2, 0) is 6.54 Å². The van der Waals surface area contributed by atoms with Gasteiger partial charge in [0.1, 0.15) is 0 Å². The van der Waals surface area contributed by atoms with E-state index >= 15 is 0 Å². The zero-order valence-corrected chi connectivity index (χ0v) is 10.2. The smallest absolute Gasteiger partial charge is 0.0560 e. The number of benzene rings is 2. The fraction of sp³-hybridized carbons (Fsp3) is 0.125. The Morgan fingerprint density at radius 3 is 2.39 bits per heavy atom. The summed E-state index contributed by atoms with van der Waals surface area (Å²) in [5, 5.41) is 2.56. The summed E-state index contributed by atoms with van der Waals surface area (Å²) in [4.78, 5) is 0. The molecule has 90 valence electrons. The topological polar surface area (TPSA) is 30.9 Å². The molecule has 0 unspecified atom stereocenters. The highest BCUT2D eigenvalue weighted by Gasteiger charge is 2.09. The summed E-state index contributed by atoms with van der Waals surface area (Å²) in [6.07, 6.45) is 2.19. The van der Waals surface area contributed by atoms with Crippen molar-refractivity contribution in [3.8, 4) is 11.3 Å². The molecule has 0 atom stereocenters. The maximum Gasteiger partial charge on any atom is 0.0560 e. The van der Waals surface area contributed by atoms with Gasteiger partial charge in [0, 0.05) is 24.7 Å². The second kappa shape index (κ2) is 4.67. The van der Waals surface area contributed by atoms with E-state index in [4.69, 9.17) is 5.73 Å². The van der Waals surface area contributed by atoms with Crippen LogP contribution < -0.4 is 5.73 Å². The summed E-state index contributed by atoms with van der Waals surface area (Å²) in [5.74, 6) is 0. The molecule has 18 heavy (non-hydrogen) atoms. The molecule has 1 aromatic heterocycles. The molecular formula is C16H16N2. The largest absolute Gasteiger partial charge is 0.345 e. The highest BCUT2D eigenvalue weighted by Crippen LogP contribution is 2.30. The summed E-state index contributed by atoms with van der Waals surface area (Å²) < 4.78 is 2.25. The Morgan fingerprint density at radius 1 is 0.889 bits per heavy atom. The quantitative estimate of drug-likeness (QED) is 0.743. The fourth-order valence-corrected chi connectivity index (χ4v) is 2.45.